The third kappa shape index (κ3) is 5.48. The fourth-order valence-electron chi connectivity index (χ4n) is 5.31. The number of anilines is 2. The normalized spacial score (nSPS) is 29.9. The Balaban J connectivity index is 1.14. The summed E-state index contributed by atoms with van der Waals surface area (Å²) in [4.78, 5) is 36.0. The second kappa shape index (κ2) is 12.4. The third-order valence-corrected chi connectivity index (χ3v) is 8.42. The lowest BCUT2D eigenvalue weighted by atomic mass is 9.97. The van der Waals surface area contributed by atoms with E-state index in [0.29, 0.717) is 28.6 Å². The van der Waals surface area contributed by atoms with Crippen LogP contribution in [0.4, 0.5) is 11.6 Å². The van der Waals surface area contributed by atoms with Gasteiger partial charge in [-0.2, -0.15) is 0 Å². The number of imidazole rings is 2. The van der Waals surface area contributed by atoms with Crippen molar-refractivity contribution in [2.75, 3.05) is 24.7 Å². The highest BCUT2D eigenvalue weighted by molar-refractivity contribution is 7.33. The topological polar surface area (TPSA) is 260 Å². The van der Waals surface area contributed by atoms with Crippen LogP contribution < -0.4 is 11.5 Å². The molecule has 21 heteroatoms. The Kier molecular flexibility index (Phi) is 8.59. The number of ether oxygens (including phenoxy) is 2. The maximum atomic E-state index is 13.0. The first-order valence-electron chi connectivity index (χ1n) is 12.9. The van der Waals surface area contributed by atoms with Gasteiger partial charge in [0.1, 0.15) is 60.6 Å². The van der Waals surface area contributed by atoms with Gasteiger partial charge in [0.05, 0.1) is 32.0 Å². The molecule has 19 nitrogen and oxygen atoms in total. The van der Waals surface area contributed by atoms with Crippen LogP contribution in [0, 0.1) is 5.92 Å². The number of hydrogen-bond donors (Lipinski definition) is 4. The Labute approximate surface area is 245 Å². The van der Waals surface area contributed by atoms with E-state index in [9.17, 15) is 19.6 Å². The average Bonchev–Trinajstić information content (AvgIpc) is 3.75. The van der Waals surface area contributed by atoms with Crippen LogP contribution in [-0.4, -0.2) is 99.3 Å². The summed E-state index contributed by atoms with van der Waals surface area (Å²) in [6, 6.07) is 0. The van der Waals surface area contributed by atoms with E-state index in [2.05, 4.69) is 39.4 Å². The highest BCUT2D eigenvalue weighted by Gasteiger charge is 2.48. The zero-order valence-corrected chi connectivity index (χ0v) is 24.3. The lowest BCUT2D eigenvalue weighted by Gasteiger charge is -2.21. The van der Waals surface area contributed by atoms with Crippen LogP contribution in [0.2, 0.25) is 0 Å². The van der Waals surface area contributed by atoms with Crippen LogP contribution >= 0.6 is 17.7 Å². The molecule has 2 aliphatic rings. The molecule has 0 amide bonds. The summed E-state index contributed by atoms with van der Waals surface area (Å²) >= 11 is 0. The van der Waals surface area contributed by atoms with Crippen molar-refractivity contribution < 1.29 is 42.6 Å². The Hall–Kier alpha value is -3.25. The summed E-state index contributed by atoms with van der Waals surface area (Å²) in [7, 11) is -1.21. The molecule has 6 rings (SSSR count). The molecule has 0 aliphatic carbocycles. The number of carbonyl (C=O) groups excluding carboxylic acids is 1. The first-order valence-corrected chi connectivity index (χ1v) is 14.6. The maximum Gasteiger partial charge on any atom is 0.319 e. The molecule has 10 atom stereocenters. The first-order chi connectivity index (χ1) is 20.8. The standard InChI is InChI=1S/C22H28N10O9P2/c23-17-12-19(27-5-25-17)31(7-29-12)21-9(1-2-33)14(34)10(39-21)4-38-43(36)41-16-11(3-37-42)40-22(15(16)35)32-8-30-13-18(24)26-6-28-20(13)32/h2,5-11,14-16,21-22,34-35,43H,1,3-4,42H2,(H2,23,25,27)(H2,24,26,28)/t9-,10-,11-,14+,15-,16-,21-,22-/m1/s1. The lowest BCUT2D eigenvalue weighted by Crippen LogP contribution is -2.35. The molecule has 2 unspecified atom stereocenters. The number of rotatable bonds is 11. The molecular formula is C22H28N10O9P2. The Morgan fingerprint density at radius 1 is 0.907 bits per heavy atom. The van der Waals surface area contributed by atoms with Crippen molar-refractivity contribution in [3.8, 4) is 0 Å². The number of aliphatic hydroxyl groups excluding tert-OH is 2. The molecule has 43 heavy (non-hydrogen) atoms. The van der Waals surface area contributed by atoms with Crippen molar-refractivity contribution in [2.24, 2.45) is 5.92 Å². The van der Waals surface area contributed by atoms with Crippen molar-refractivity contribution in [3.63, 3.8) is 0 Å². The van der Waals surface area contributed by atoms with Crippen LogP contribution in [0.3, 0.4) is 0 Å². The summed E-state index contributed by atoms with van der Waals surface area (Å²) in [6.45, 7) is -0.386. The summed E-state index contributed by atoms with van der Waals surface area (Å²) in [5.41, 5.74) is 13.1. The SMILES string of the molecule is Nc1ncnc2c1ncn2[C@@H]1O[C@H](COP)[C@@H](O[PH](=O)OC[C@H]2O[C@@H](n3cnc4c(N)ncnc43)[C@H](CC=O)[C@@H]2O)[C@H]1O. The molecule has 2 saturated heterocycles. The number of aldehydes is 1. The predicted molar refractivity (Wildman–Crippen MR) is 149 cm³/mol. The van der Waals surface area contributed by atoms with Crippen LogP contribution in [0.5, 0.6) is 0 Å². The van der Waals surface area contributed by atoms with Gasteiger partial charge in [-0.1, -0.05) is 0 Å². The van der Waals surface area contributed by atoms with Crippen molar-refractivity contribution in [1.29, 1.82) is 0 Å². The summed E-state index contributed by atoms with van der Waals surface area (Å²) < 4.78 is 44.2. The minimum Gasteiger partial charge on any atom is -0.390 e. The number of nitrogens with zero attached hydrogens (tertiary/aromatic N) is 8. The van der Waals surface area contributed by atoms with Gasteiger partial charge in [0.2, 0.25) is 0 Å². The molecule has 0 spiro atoms. The van der Waals surface area contributed by atoms with Gasteiger partial charge in [-0.15, -0.1) is 0 Å². The fourth-order valence-corrected chi connectivity index (χ4v) is 6.38. The van der Waals surface area contributed by atoms with Crippen LogP contribution in [0.25, 0.3) is 22.3 Å². The van der Waals surface area contributed by atoms with Gasteiger partial charge >= 0.3 is 8.25 Å². The average molecular weight is 638 g/mol. The molecule has 2 fully saturated rings. The number of fused-ring (bicyclic) bond motifs is 2. The molecule has 4 aromatic rings. The van der Waals surface area contributed by atoms with E-state index in [1.807, 2.05) is 0 Å². The highest BCUT2D eigenvalue weighted by Crippen LogP contribution is 2.42. The monoisotopic (exact) mass is 638 g/mol. The van der Waals surface area contributed by atoms with Crippen molar-refractivity contribution in [3.05, 3.63) is 25.3 Å². The number of carbonyl (C=O) groups is 1. The van der Waals surface area contributed by atoms with Crippen molar-refractivity contribution in [1.82, 2.24) is 39.0 Å². The van der Waals surface area contributed by atoms with Crippen molar-refractivity contribution in [2.45, 2.75) is 49.4 Å². The van der Waals surface area contributed by atoms with Gasteiger partial charge in [-0.25, -0.2) is 29.9 Å². The molecule has 0 saturated carbocycles. The zero-order chi connectivity index (χ0) is 30.2. The smallest absolute Gasteiger partial charge is 0.319 e. The Morgan fingerprint density at radius 3 is 2.12 bits per heavy atom. The second-order valence-corrected chi connectivity index (χ2v) is 11.2. The van der Waals surface area contributed by atoms with Gasteiger partial charge in [0.25, 0.3) is 0 Å². The van der Waals surface area contributed by atoms with Gasteiger partial charge < -0.3 is 49.5 Å². The minimum absolute atomic E-state index is 0.0335. The summed E-state index contributed by atoms with van der Waals surface area (Å²) in [5, 5.41) is 22.1. The molecule has 0 radical (unpaired) electrons. The van der Waals surface area contributed by atoms with Gasteiger partial charge in [0.15, 0.2) is 29.2 Å². The largest absolute Gasteiger partial charge is 0.390 e. The lowest BCUT2D eigenvalue weighted by molar-refractivity contribution is -0.110. The van der Waals surface area contributed by atoms with E-state index in [-0.39, 0.29) is 31.3 Å². The maximum absolute atomic E-state index is 13.0. The van der Waals surface area contributed by atoms with E-state index in [0.717, 1.165) is 0 Å². The highest BCUT2D eigenvalue weighted by atomic mass is 31.1. The number of nitrogens with two attached hydrogens (primary N) is 2. The quantitative estimate of drug-likeness (QED) is 0.115. The molecule has 230 valence electrons. The molecule has 4 aromatic heterocycles. The van der Waals surface area contributed by atoms with E-state index in [4.69, 9.17) is 34.5 Å². The predicted octanol–water partition coefficient (Wildman–Crippen LogP) is -0.849. The fraction of sp³-hybridized carbons (Fsp3) is 0.500. The zero-order valence-electron chi connectivity index (χ0n) is 22.2. The molecule has 6 heterocycles. The van der Waals surface area contributed by atoms with Crippen LogP contribution in [-0.2, 0) is 32.4 Å². The van der Waals surface area contributed by atoms with Gasteiger partial charge in [-0.3, -0.25) is 13.7 Å². The van der Waals surface area contributed by atoms with Crippen molar-refractivity contribution >= 4 is 58.0 Å². The van der Waals surface area contributed by atoms with Crippen LogP contribution in [0.1, 0.15) is 18.9 Å². The molecule has 0 aromatic carbocycles. The third-order valence-electron chi connectivity index (χ3n) is 7.36. The molecule has 2 aliphatic heterocycles. The minimum atomic E-state index is -3.29. The summed E-state index contributed by atoms with van der Waals surface area (Å²) in [6.07, 6.45) is -1.43. The van der Waals surface area contributed by atoms with E-state index in [1.165, 1.54) is 29.9 Å². The first kappa shape index (κ1) is 29.8. The Bertz CT molecular complexity index is 1640. The number of hydrogen-bond acceptors (Lipinski definition) is 17. The van der Waals surface area contributed by atoms with E-state index >= 15 is 0 Å². The number of nitrogen functional groups attached to an aromatic ring is 2. The molecule has 0 bridgehead atoms. The van der Waals surface area contributed by atoms with E-state index < -0.39 is 57.1 Å². The molecular weight excluding hydrogens is 610 g/mol. The van der Waals surface area contributed by atoms with Gasteiger partial charge in [-0.05, 0) is 0 Å². The van der Waals surface area contributed by atoms with Crippen LogP contribution in [0.15, 0.2) is 25.3 Å². The number of aromatic nitrogens is 8. The summed E-state index contributed by atoms with van der Waals surface area (Å²) in [5.74, 6) is -0.380. The second-order valence-electron chi connectivity index (χ2n) is 9.82. The Morgan fingerprint density at radius 2 is 1.51 bits per heavy atom. The molecule has 6 N–H and O–H groups in total. The number of aliphatic hydroxyl groups is 2. The van der Waals surface area contributed by atoms with E-state index in [1.54, 1.807) is 4.57 Å². The van der Waals surface area contributed by atoms with Gasteiger partial charge in [0, 0.05) is 21.8 Å².